The minimum atomic E-state index is -1.14. The summed E-state index contributed by atoms with van der Waals surface area (Å²) in [6.07, 6.45) is 3.57. The Balaban J connectivity index is 1.75. The number of hydrogen-bond acceptors (Lipinski definition) is 5. The van der Waals surface area contributed by atoms with Crippen molar-refractivity contribution in [3.05, 3.63) is 108 Å². The molecule has 0 saturated heterocycles. The van der Waals surface area contributed by atoms with Crippen LogP contribution in [0.2, 0.25) is 0 Å². The highest BCUT2D eigenvalue weighted by atomic mass is 16.5. The van der Waals surface area contributed by atoms with Crippen LogP contribution in [-0.2, 0) is 20.8 Å². The molecule has 3 aromatic rings. The van der Waals surface area contributed by atoms with Crippen LogP contribution < -0.4 is 26.0 Å². The first-order chi connectivity index (χ1) is 19.9. The lowest BCUT2D eigenvalue weighted by molar-refractivity contribution is -0.135. The summed E-state index contributed by atoms with van der Waals surface area (Å²) in [5.41, 5.74) is 2.56. The van der Waals surface area contributed by atoms with E-state index in [0.29, 0.717) is 24.2 Å². The summed E-state index contributed by atoms with van der Waals surface area (Å²) in [6, 6.07) is 23.7. The first-order valence-corrected chi connectivity index (χ1v) is 14.0. The number of amides is 3. The lowest BCUT2D eigenvalue weighted by Gasteiger charge is -2.32. The topological polar surface area (TPSA) is 109 Å². The Morgan fingerprint density at radius 1 is 0.927 bits per heavy atom. The van der Waals surface area contributed by atoms with Gasteiger partial charge in [-0.2, -0.15) is 0 Å². The molecule has 3 aromatic carbocycles. The predicted molar refractivity (Wildman–Crippen MR) is 160 cm³/mol. The van der Waals surface area contributed by atoms with E-state index in [0.717, 1.165) is 11.1 Å². The number of likely N-dealkylation sites (N-methyl/N-ethyl adjacent to an activating group) is 1. The van der Waals surface area contributed by atoms with E-state index in [1.807, 2.05) is 86.6 Å². The Morgan fingerprint density at radius 2 is 1.59 bits per heavy atom. The second-order valence-electron chi connectivity index (χ2n) is 10.2. The number of ether oxygens (including phenoxy) is 1. The molecule has 2 aliphatic heterocycles. The van der Waals surface area contributed by atoms with E-state index in [2.05, 4.69) is 21.3 Å². The largest absolute Gasteiger partial charge is 0.483 e. The summed E-state index contributed by atoms with van der Waals surface area (Å²) in [5.74, 6) is -0.826. The maximum absolute atomic E-state index is 14.1. The van der Waals surface area contributed by atoms with Gasteiger partial charge in [-0.15, -0.1) is 0 Å². The molecule has 5 rings (SSSR count). The summed E-state index contributed by atoms with van der Waals surface area (Å²) < 4.78 is 6.44. The smallest absolute Gasteiger partial charge is 0.247 e. The normalized spacial score (nSPS) is 21.4. The highest BCUT2D eigenvalue weighted by molar-refractivity contribution is 5.94. The van der Waals surface area contributed by atoms with E-state index in [1.165, 1.54) is 0 Å². The first kappa shape index (κ1) is 29.6. The van der Waals surface area contributed by atoms with Crippen LogP contribution in [0.4, 0.5) is 0 Å². The van der Waals surface area contributed by atoms with Crippen LogP contribution in [0.25, 0.3) is 6.08 Å². The van der Waals surface area contributed by atoms with Crippen LogP contribution >= 0.6 is 0 Å². The minimum Gasteiger partial charge on any atom is -0.483 e. The Hall–Kier alpha value is -4.43. The van der Waals surface area contributed by atoms with Gasteiger partial charge in [-0.25, -0.2) is 0 Å². The molecule has 41 heavy (non-hydrogen) atoms. The zero-order valence-corrected chi connectivity index (χ0v) is 23.7. The van der Waals surface area contributed by atoms with Crippen molar-refractivity contribution in [3.8, 4) is 5.75 Å². The van der Waals surface area contributed by atoms with Gasteiger partial charge < -0.3 is 26.0 Å². The van der Waals surface area contributed by atoms with Gasteiger partial charge in [0.25, 0.3) is 0 Å². The maximum Gasteiger partial charge on any atom is 0.247 e. The predicted octanol–water partition coefficient (Wildman–Crippen LogP) is 3.75. The highest BCUT2D eigenvalue weighted by Crippen LogP contribution is 2.27. The maximum atomic E-state index is 14.1. The third-order valence-electron chi connectivity index (χ3n) is 7.40. The first-order valence-electron chi connectivity index (χ1n) is 14.0. The van der Waals surface area contributed by atoms with E-state index >= 15 is 0 Å². The SMILES string of the molecule is CC[C@@H](C)[C@@H]1NC(=O)[C@@H](NC(=O)[C@@H](Cc2ccccc2)NC)[C@H](c2ccccc2)Oc2ccc(cc2)/C=C/NC1=O. The summed E-state index contributed by atoms with van der Waals surface area (Å²) in [7, 11) is 1.71. The molecule has 0 unspecified atom stereocenters. The number of fused-ring (bicyclic) bond motifs is 10. The molecule has 214 valence electrons. The van der Waals surface area contributed by atoms with Gasteiger partial charge in [-0.05, 0) is 54.3 Å². The van der Waals surface area contributed by atoms with Crippen LogP contribution in [0.15, 0.2) is 91.1 Å². The number of carbonyl (C=O) groups excluding carboxylic acids is 3. The van der Waals surface area contributed by atoms with E-state index < -0.39 is 30.1 Å². The quantitative estimate of drug-likeness (QED) is 0.339. The van der Waals surface area contributed by atoms with Gasteiger partial charge in [0.1, 0.15) is 17.8 Å². The zero-order chi connectivity index (χ0) is 29.2. The molecule has 2 bridgehead atoms. The third-order valence-corrected chi connectivity index (χ3v) is 7.40. The lowest BCUT2D eigenvalue weighted by atomic mass is 9.95. The van der Waals surface area contributed by atoms with E-state index in [9.17, 15) is 14.4 Å². The Kier molecular flexibility index (Phi) is 10.3. The number of rotatable bonds is 8. The standard InChI is InChI=1S/C33H38N4O4/c1-4-22(2)28-32(39)35-20-19-23-15-17-26(18-16-23)41-30(25-13-9-6-10-14-25)29(33(40)36-28)37-31(38)27(34-3)21-24-11-7-5-8-12-24/h5-20,22,27-30,34H,4,21H2,1-3H3,(H,35,39)(H,36,40)(H,37,38)/b20-19+/t22-,27-,28+,29+,30+/m1/s1. The summed E-state index contributed by atoms with van der Waals surface area (Å²) in [6.45, 7) is 3.87. The van der Waals surface area contributed by atoms with Crippen molar-refractivity contribution in [1.82, 2.24) is 21.3 Å². The Bertz CT molecular complexity index is 1330. The second kappa shape index (κ2) is 14.3. The van der Waals surface area contributed by atoms with Crippen LogP contribution in [-0.4, -0.2) is 42.9 Å². The summed E-state index contributed by atoms with van der Waals surface area (Å²) in [5, 5.41) is 11.8. The second-order valence-corrected chi connectivity index (χ2v) is 10.2. The molecule has 3 amide bonds. The molecule has 5 atom stereocenters. The highest BCUT2D eigenvalue weighted by Gasteiger charge is 2.37. The van der Waals surface area contributed by atoms with Gasteiger partial charge in [0.05, 0.1) is 6.04 Å². The zero-order valence-electron chi connectivity index (χ0n) is 23.7. The fraction of sp³-hybridized carbons (Fsp3) is 0.303. The van der Waals surface area contributed by atoms with Crippen LogP contribution in [0.3, 0.4) is 0 Å². The van der Waals surface area contributed by atoms with Crippen LogP contribution in [0.5, 0.6) is 5.75 Å². The van der Waals surface area contributed by atoms with Crippen molar-refractivity contribution in [2.24, 2.45) is 5.92 Å². The molecule has 4 N–H and O–H groups in total. The van der Waals surface area contributed by atoms with Gasteiger partial charge >= 0.3 is 0 Å². The van der Waals surface area contributed by atoms with Crippen molar-refractivity contribution in [1.29, 1.82) is 0 Å². The van der Waals surface area contributed by atoms with Gasteiger partial charge in [-0.3, -0.25) is 14.4 Å². The molecular formula is C33H38N4O4. The molecular weight excluding hydrogens is 516 g/mol. The summed E-state index contributed by atoms with van der Waals surface area (Å²) in [4.78, 5) is 41.0. The monoisotopic (exact) mass is 554 g/mol. The molecule has 0 fully saturated rings. The van der Waals surface area contributed by atoms with Crippen molar-refractivity contribution < 1.29 is 19.1 Å². The van der Waals surface area contributed by atoms with Crippen LogP contribution in [0, 0.1) is 5.92 Å². The number of carbonyl (C=O) groups is 3. The molecule has 0 aromatic heterocycles. The Morgan fingerprint density at radius 3 is 2.22 bits per heavy atom. The molecule has 0 aliphatic carbocycles. The number of benzene rings is 3. The van der Waals surface area contributed by atoms with E-state index in [-0.39, 0.29) is 17.7 Å². The molecule has 2 aliphatic rings. The summed E-state index contributed by atoms with van der Waals surface area (Å²) >= 11 is 0. The van der Waals surface area contributed by atoms with Crippen molar-refractivity contribution in [2.75, 3.05) is 7.05 Å². The van der Waals surface area contributed by atoms with Crippen molar-refractivity contribution >= 4 is 23.8 Å². The minimum absolute atomic E-state index is 0.158. The van der Waals surface area contributed by atoms with Crippen molar-refractivity contribution in [2.45, 2.75) is 50.9 Å². The number of hydrogen-bond donors (Lipinski definition) is 4. The van der Waals surface area contributed by atoms with Crippen LogP contribution in [0.1, 0.15) is 43.1 Å². The average molecular weight is 555 g/mol. The Labute approximate surface area is 241 Å². The van der Waals surface area contributed by atoms with Gasteiger partial charge in [-0.1, -0.05) is 93.1 Å². The lowest BCUT2D eigenvalue weighted by Crippen LogP contribution is -2.59. The molecule has 8 heteroatoms. The third kappa shape index (κ3) is 7.83. The van der Waals surface area contributed by atoms with E-state index in [1.54, 1.807) is 31.5 Å². The fourth-order valence-corrected chi connectivity index (χ4v) is 4.74. The molecule has 8 nitrogen and oxygen atoms in total. The van der Waals surface area contributed by atoms with Crippen molar-refractivity contribution in [3.63, 3.8) is 0 Å². The molecule has 0 radical (unpaired) electrons. The van der Waals surface area contributed by atoms with Gasteiger partial charge in [0.2, 0.25) is 17.7 Å². The molecule has 0 spiro atoms. The van der Waals surface area contributed by atoms with Gasteiger partial charge in [0.15, 0.2) is 6.10 Å². The fourth-order valence-electron chi connectivity index (χ4n) is 4.74. The average Bonchev–Trinajstić information content (AvgIpc) is 3.01. The molecule has 2 heterocycles. The molecule has 0 saturated carbocycles. The number of nitrogens with one attached hydrogen (secondary N) is 4. The van der Waals surface area contributed by atoms with E-state index in [4.69, 9.17) is 4.74 Å². The van der Waals surface area contributed by atoms with Gasteiger partial charge in [0, 0.05) is 6.20 Å².